The van der Waals surface area contributed by atoms with Crippen LogP contribution in [0.2, 0.25) is 0 Å². The molecule has 8 heteroatoms. The van der Waals surface area contributed by atoms with Crippen LogP contribution in [0.4, 0.5) is 5.69 Å². The van der Waals surface area contributed by atoms with Crippen molar-refractivity contribution in [3.63, 3.8) is 0 Å². The first-order valence-electron chi connectivity index (χ1n) is 6.82. The van der Waals surface area contributed by atoms with Gasteiger partial charge in [-0.15, -0.1) is 6.58 Å². The molecule has 0 saturated carbocycles. The number of carbonyl (C=O) groups is 2. The van der Waals surface area contributed by atoms with Gasteiger partial charge in [-0.3, -0.25) is 4.79 Å². The highest BCUT2D eigenvalue weighted by Crippen LogP contribution is 2.16. The molecule has 7 nitrogen and oxygen atoms in total. The van der Waals surface area contributed by atoms with Gasteiger partial charge in [-0.25, -0.2) is 13.2 Å². The zero-order chi connectivity index (χ0) is 17.5. The van der Waals surface area contributed by atoms with Crippen LogP contribution in [0.15, 0.2) is 36.9 Å². The summed E-state index contributed by atoms with van der Waals surface area (Å²) in [6, 6.07) is 6.42. The van der Waals surface area contributed by atoms with Crippen molar-refractivity contribution >= 4 is 27.6 Å². The smallest absolute Gasteiger partial charge is 0.339 e. The highest BCUT2D eigenvalue weighted by atomic mass is 32.2. The minimum atomic E-state index is -3.41. The third-order valence-electron chi connectivity index (χ3n) is 3.00. The van der Waals surface area contributed by atoms with Gasteiger partial charge in [-0.2, -0.15) is 4.31 Å². The largest absolute Gasteiger partial charge is 0.465 e. The van der Waals surface area contributed by atoms with Gasteiger partial charge >= 0.3 is 5.97 Å². The summed E-state index contributed by atoms with van der Waals surface area (Å²) >= 11 is 0. The van der Waals surface area contributed by atoms with Crippen LogP contribution in [0, 0.1) is 0 Å². The van der Waals surface area contributed by atoms with E-state index in [2.05, 4.69) is 16.6 Å². The van der Waals surface area contributed by atoms with Crippen LogP contribution < -0.4 is 5.32 Å². The zero-order valence-electron chi connectivity index (χ0n) is 13.1. The van der Waals surface area contributed by atoms with E-state index in [0.717, 1.165) is 10.6 Å². The lowest BCUT2D eigenvalue weighted by molar-refractivity contribution is -0.116. The molecule has 0 fully saturated rings. The summed E-state index contributed by atoms with van der Waals surface area (Å²) in [6.45, 7) is 3.65. The summed E-state index contributed by atoms with van der Waals surface area (Å²) in [5, 5.41) is 2.59. The third kappa shape index (κ3) is 5.84. The van der Waals surface area contributed by atoms with E-state index in [-0.39, 0.29) is 25.1 Å². The minimum absolute atomic E-state index is 0.0249. The molecule has 1 rings (SSSR count). The summed E-state index contributed by atoms with van der Waals surface area (Å²) in [6.07, 6.45) is 2.48. The molecule has 1 amide bonds. The Morgan fingerprint density at radius 1 is 1.35 bits per heavy atom. The van der Waals surface area contributed by atoms with Crippen molar-refractivity contribution in [3.05, 3.63) is 42.5 Å². The van der Waals surface area contributed by atoms with Crippen LogP contribution in [0.25, 0.3) is 0 Å². The number of hydrogen-bond acceptors (Lipinski definition) is 5. The molecule has 23 heavy (non-hydrogen) atoms. The van der Waals surface area contributed by atoms with Gasteiger partial charge in [0.2, 0.25) is 15.9 Å². The molecule has 0 aliphatic carbocycles. The summed E-state index contributed by atoms with van der Waals surface area (Å²) in [4.78, 5) is 23.6. The zero-order valence-corrected chi connectivity index (χ0v) is 13.9. The van der Waals surface area contributed by atoms with Gasteiger partial charge < -0.3 is 10.1 Å². The van der Waals surface area contributed by atoms with Crippen LogP contribution >= 0.6 is 0 Å². The monoisotopic (exact) mass is 340 g/mol. The molecular formula is C15H20N2O5S. The highest BCUT2D eigenvalue weighted by Gasteiger charge is 2.17. The number of benzene rings is 1. The number of anilines is 1. The fourth-order valence-corrected chi connectivity index (χ4v) is 2.65. The van der Waals surface area contributed by atoms with E-state index in [1.807, 2.05) is 0 Å². The quantitative estimate of drug-likeness (QED) is 0.568. The molecule has 1 aromatic carbocycles. The Kier molecular flexibility index (Phi) is 6.92. The molecule has 0 aliphatic rings. The number of amides is 1. The van der Waals surface area contributed by atoms with Gasteiger partial charge in [0.05, 0.1) is 24.6 Å². The molecule has 0 aromatic heterocycles. The number of nitrogens with zero attached hydrogens (tertiary/aromatic N) is 1. The van der Waals surface area contributed by atoms with E-state index in [9.17, 15) is 18.0 Å². The van der Waals surface area contributed by atoms with Crippen molar-refractivity contribution in [1.82, 2.24) is 4.31 Å². The van der Waals surface area contributed by atoms with Crippen LogP contribution in [-0.4, -0.2) is 51.1 Å². The van der Waals surface area contributed by atoms with E-state index >= 15 is 0 Å². The lowest BCUT2D eigenvalue weighted by Gasteiger charge is -2.17. The highest BCUT2D eigenvalue weighted by molar-refractivity contribution is 7.88. The Balaban J connectivity index is 2.74. The van der Waals surface area contributed by atoms with Crippen molar-refractivity contribution in [1.29, 1.82) is 0 Å². The summed E-state index contributed by atoms with van der Waals surface area (Å²) < 4.78 is 28.9. The van der Waals surface area contributed by atoms with Crippen molar-refractivity contribution in [2.75, 3.05) is 31.8 Å². The number of sulfonamides is 1. The number of hydrogen-bond donors (Lipinski definition) is 1. The minimum Gasteiger partial charge on any atom is -0.465 e. The molecule has 126 valence electrons. The Bertz CT molecular complexity index is 685. The van der Waals surface area contributed by atoms with Gasteiger partial charge in [-0.05, 0) is 12.1 Å². The van der Waals surface area contributed by atoms with E-state index in [1.165, 1.54) is 19.3 Å². The number of para-hydroxylation sites is 1. The fraction of sp³-hybridized carbons (Fsp3) is 0.333. The Hall–Kier alpha value is -2.19. The molecule has 0 aliphatic heterocycles. The molecule has 0 heterocycles. The van der Waals surface area contributed by atoms with E-state index in [1.54, 1.807) is 18.2 Å². The van der Waals surface area contributed by atoms with Gasteiger partial charge in [0, 0.05) is 19.5 Å². The Morgan fingerprint density at radius 3 is 2.57 bits per heavy atom. The lowest BCUT2D eigenvalue weighted by Crippen LogP contribution is -2.33. The van der Waals surface area contributed by atoms with Gasteiger partial charge in [-0.1, -0.05) is 18.2 Å². The molecule has 1 aromatic rings. The maximum Gasteiger partial charge on any atom is 0.339 e. The number of methoxy groups -OCH3 is 1. The second kappa shape index (κ2) is 8.44. The third-order valence-corrected chi connectivity index (χ3v) is 4.27. The summed E-state index contributed by atoms with van der Waals surface area (Å²) in [5.41, 5.74) is 0.549. The van der Waals surface area contributed by atoms with E-state index in [4.69, 9.17) is 0 Å². The molecule has 1 N–H and O–H groups in total. The van der Waals surface area contributed by atoms with E-state index in [0.29, 0.717) is 5.69 Å². The number of nitrogens with one attached hydrogen (secondary N) is 1. The average Bonchev–Trinajstić information content (AvgIpc) is 2.50. The molecular weight excluding hydrogens is 320 g/mol. The number of esters is 1. The molecule has 0 bridgehead atoms. The SMILES string of the molecule is C=CCN(CCC(=O)Nc1ccccc1C(=O)OC)S(C)(=O)=O. The summed E-state index contributed by atoms with van der Waals surface area (Å²) in [7, 11) is -2.16. The number of carbonyl (C=O) groups excluding carboxylic acids is 2. The maximum absolute atomic E-state index is 12.0. The number of ether oxygens (including phenoxy) is 1. The predicted molar refractivity (Wildman–Crippen MR) is 87.6 cm³/mol. The topological polar surface area (TPSA) is 92.8 Å². The summed E-state index contributed by atoms with van der Waals surface area (Å²) in [5.74, 6) is -0.968. The van der Waals surface area contributed by atoms with Gasteiger partial charge in [0.15, 0.2) is 0 Å². The second-order valence-electron chi connectivity index (χ2n) is 4.75. The maximum atomic E-state index is 12.0. The normalized spacial score (nSPS) is 11.1. The standard InChI is InChI=1S/C15H20N2O5S/c1-4-10-17(23(3,20)21)11-9-14(18)16-13-8-6-5-7-12(13)15(19)22-2/h4-8H,1,9-11H2,2-3H3,(H,16,18). The van der Waals surface area contributed by atoms with Crippen molar-refractivity contribution in [2.45, 2.75) is 6.42 Å². The molecule has 0 unspecified atom stereocenters. The lowest BCUT2D eigenvalue weighted by atomic mass is 10.1. The number of rotatable bonds is 8. The van der Waals surface area contributed by atoms with Gasteiger partial charge in [0.1, 0.15) is 0 Å². The fourth-order valence-electron chi connectivity index (χ4n) is 1.86. The Labute approximate surface area is 136 Å². The molecule has 0 radical (unpaired) electrons. The molecule has 0 atom stereocenters. The molecule has 0 spiro atoms. The second-order valence-corrected chi connectivity index (χ2v) is 6.73. The first-order chi connectivity index (χ1) is 10.8. The molecule has 0 saturated heterocycles. The van der Waals surface area contributed by atoms with Crippen molar-refractivity contribution < 1.29 is 22.7 Å². The van der Waals surface area contributed by atoms with Crippen LogP contribution in [0.3, 0.4) is 0 Å². The van der Waals surface area contributed by atoms with Crippen LogP contribution in [-0.2, 0) is 19.6 Å². The van der Waals surface area contributed by atoms with Crippen molar-refractivity contribution in [2.24, 2.45) is 0 Å². The predicted octanol–water partition coefficient (Wildman–Crippen LogP) is 1.25. The Morgan fingerprint density at radius 2 is 2.00 bits per heavy atom. The van der Waals surface area contributed by atoms with E-state index < -0.39 is 21.9 Å². The van der Waals surface area contributed by atoms with Crippen molar-refractivity contribution in [3.8, 4) is 0 Å². The first kappa shape index (κ1) is 18.9. The first-order valence-corrected chi connectivity index (χ1v) is 8.67. The van der Waals surface area contributed by atoms with Gasteiger partial charge in [0.25, 0.3) is 0 Å². The average molecular weight is 340 g/mol. The van der Waals surface area contributed by atoms with Crippen LogP contribution in [0.1, 0.15) is 16.8 Å². The van der Waals surface area contributed by atoms with Crippen LogP contribution in [0.5, 0.6) is 0 Å².